The third-order valence-corrected chi connectivity index (χ3v) is 10.2. The Labute approximate surface area is 253 Å². The summed E-state index contributed by atoms with van der Waals surface area (Å²) in [6, 6.07) is 13.0. The number of nitriles is 1. The van der Waals surface area contributed by atoms with Gasteiger partial charge in [-0.3, -0.25) is 19.1 Å². The monoisotopic (exact) mass is 588 g/mol. The average Bonchev–Trinajstić information content (AvgIpc) is 3.27. The van der Waals surface area contributed by atoms with Crippen LogP contribution in [0, 0.1) is 24.2 Å². The number of carbonyl (C=O) groups is 1. The van der Waals surface area contributed by atoms with Gasteiger partial charge in [-0.2, -0.15) is 5.26 Å². The highest BCUT2D eigenvalue weighted by Gasteiger charge is 2.38. The Morgan fingerprint density at radius 3 is 2.44 bits per heavy atom. The maximum absolute atomic E-state index is 13.7. The Bertz CT molecular complexity index is 1410. The fourth-order valence-corrected chi connectivity index (χ4v) is 7.95. The van der Waals surface area contributed by atoms with Gasteiger partial charge in [0.2, 0.25) is 0 Å². The number of amides is 1. The fourth-order valence-electron chi connectivity index (χ4n) is 6.57. The molecule has 0 atom stereocenters. The molecule has 6 nitrogen and oxygen atoms in total. The maximum atomic E-state index is 13.7. The number of nitrogens with zero attached hydrogens (tertiary/aromatic N) is 4. The van der Waals surface area contributed by atoms with Crippen LogP contribution in [0.15, 0.2) is 40.0 Å². The molecule has 2 aliphatic heterocycles. The van der Waals surface area contributed by atoms with Crippen LogP contribution in [-0.2, 0) is 17.8 Å². The number of thiocarbonyl (C=S) groups is 1. The number of hydrogen-bond acceptors (Lipinski definition) is 6. The second-order valence-corrected chi connectivity index (χ2v) is 13.3. The zero-order valence-electron chi connectivity index (χ0n) is 24.2. The number of thioether (sulfide) groups is 1. The lowest BCUT2D eigenvalue weighted by Crippen LogP contribution is -2.40. The second-order valence-electron chi connectivity index (χ2n) is 11.6. The van der Waals surface area contributed by atoms with E-state index < -0.39 is 0 Å². The maximum Gasteiger partial charge on any atom is 0.270 e. The van der Waals surface area contributed by atoms with E-state index in [-0.39, 0.29) is 23.1 Å². The second kappa shape index (κ2) is 13.4. The van der Waals surface area contributed by atoms with E-state index in [2.05, 4.69) is 48.2 Å². The van der Waals surface area contributed by atoms with E-state index in [0.717, 1.165) is 82.3 Å². The number of carbonyl (C=O) groups excluding carboxylic acids is 1. The number of rotatable bonds is 8. The molecule has 1 aromatic heterocycles. The summed E-state index contributed by atoms with van der Waals surface area (Å²) in [5.74, 6) is 1.39. The molecule has 3 fully saturated rings. The van der Waals surface area contributed by atoms with Crippen LogP contribution in [-0.4, -0.2) is 38.8 Å². The number of aromatic nitrogens is 1. The van der Waals surface area contributed by atoms with Crippen LogP contribution < -0.4 is 10.5 Å². The SMILES string of the molecule is CCCCn1c(N2CCC(Cc3ccccc3)CC2)c(/C=C2/SC(=S)N(C3CCCCC3)C2=O)c(C)c(C#N)c1=O. The van der Waals surface area contributed by atoms with Crippen molar-refractivity contribution in [2.24, 2.45) is 5.92 Å². The molecule has 0 N–H and O–H groups in total. The van der Waals surface area contributed by atoms with Crippen molar-refractivity contribution in [1.82, 2.24) is 9.47 Å². The minimum atomic E-state index is -0.230. The number of pyridine rings is 1. The van der Waals surface area contributed by atoms with Crippen LogP contribution in [0.3, 0.4) is 0 Å². The summed E-state index contributed by atoms with van der Waals surface area (Å²) in [4.78, 5) is 32.1. The van der Waals surface area contributed by atoms with Crippen LogP contribution in [0.4, 0.5) is 5.82 Å². The summed E-state index contributed by atoms with van der Waals surface area (Å²) in [5.41, 5.74) is 2.75. The normalized spacial score (nSPS) is 19.8. The Balaban J connectivity index is 1.51. The molecule has 8 heteroatoms. The lowest BCUT2D eigenvalue weighted by Gasteiger charge is -2.36. The van der Waals surface area contributed by atoms with E-state index in [1.54, 1.807) is 4.57 Å². The summed E-state index contributed by atoms with van der Waals surface area (Å²) in [6.07, 6.45) is 12.2. The van der Waals surface area contributed by atoms with Crippen LogP contribution >= 0.6 is 24.0 Å². The molecule has 1 aromatic carbocycles. The van der Waals surface area contributed by atoms with Crippen molar-refractivity contribution in [2.45, 2.75) is 90.6 Å². The van der Waals surface area contributed by atoms with Gasteiger partial charge >= 0.3 is 0 Å². The Hall–Kier alpha value is -2.89. The van der Waals surface area contributed by atoms with Gasteiger partial charge in [-0.15, -0.1) is 0 Å². The molecule has 1 amide bonds. The van der Waals surface area contributed by atoms with Gasteiger partial charge in [0.25, 0.3) is 11.5 Å². The highest BCUT2D eigenvalue weighted by atomic mass is 32.2. The molecule has 0 spiro atoms. The van der Waals surface area contributed by atoms with Gasteiger partial charge in [-0.25, -0.2) is 0 Å². The minimum Gasteiger partial charge on any atom is -0.357 e. The largest absolute Gasteiger partial charge is 0.357 e. The van der Waals surface area contributed by atoms with E-state index >= 15 is 0 Å². The number of piperidine rings is 1. The van der Waals surface area contributed by atoms with E-state index in [1.807, 2.05) is 17.9 Å². The molecule has 2 saturated heterocycles. The van der Waals surface area contributed by atoms with Crippen molar-refractivity contribution in [3.63, 3.8) is 0 Å². The predicted molar refractivity (Wildman–Crippen MR) is 172 cm³/mol. The number of unbranched alkanes of at least 4 members (excludes halogenated alkanes) is 1. The highest BCUT2D eigenvalue weighted by Crippen LogP contribution is 2.39. The zero-order chi connectivity index (χ0) is 28.9. The first-order valence-corrected chi connectivity index (χ1v) is 16.4. The zero-order valence-corrected chi connectivity index (χ0v) is 25.9. The first-order valence-electron chi connectivity index (χ1n) is 15.2. The van der Waals surface area contributed by atoms with Crippen molar-refractivity contribution < 1.29 is 4.79 Å². The summed E-state index contributed by atoms with van der Waals surface area (Å²) in [5, 5.41) is 10.0. The molecule has 1 saturated carbocycles. The summed E-state index contributed by atoms with van der Waals surface area (Å²) in [6.45, 7) is 6.17. The van der Waals surface area contributed by atoms with Gasteiger partial charge in [0.05, 0.1) is 4.91 Å². The topological polar surface area (TPSA) is 69.3 Å². The van der Waals surface area contributed by atoms with Crippen molar-refractivity contribution in [1.29, 1.82) is 5.26 Å². The van der Waals surface area contributed by atoms with Crippen molar-refractivity contribution in [2.75, 3.05) is 18.0 Å². The van der Waals surface area contributed by atoms with Gasteiger partial charge in [0.1, 0.15) is 21.8 Å². The lowest BCUT2D eigenvalue weighted by molar-refractivity contribution is -0.124. The molecule has 3 aliphatic rings. The Morgan fingerprint density at radius 2 is 1.78 bits per heavy atom. The van der Waals surface area contributed by atoms with Crippen molar-refractivity contribution in [3.8, 4) is 6.07 Å². The van der Waals surface area contributed by atoms with E-state index in [9.17, 15) is 14.9 Å². The number of benzene rings is 1. The fraction of sp³-hybridized carbons (Fsp3) is 0.515. The minimum absolute atomic E-state index is 0.0383. The van der Waals surface area contributed by atoms with E-state index in [1.165, 1.54) is 23.7 Å². The van der Waals surface area contributed by atoms with Crippen molar-refractivity contribution in [3.05, 3.63) is 67.8 Å². The molecule has 3 heterocycles. The third-order valence-electron chi connectivity index (χ3n) is 8.90. The van der Waals surface area contributed by atoms with Crippen LogP contribution in [0.2, 0.25) is 0 Å². The quantitative estimate of drug-likeness (QED) is 0.249. The number of anilines is 1. The lowest BCUT2D eigenvalue weighted by atomic mass is 9.90. The molecule has 5 rings (SSSR count). The van der Waals surface area contributed by atoms with Gasteiger partial charge < -0.3 is 4.90 Å². The molecular formula is C33H40N4O2S2. The summed E-state index contributed by atoms with van der Waals surface area (Å²) >= 11 is 7.07. The molecule has 216 valence electrons. The van der Waals surface area contributed by atoms with E-state index in [4.69, 9.17) is 12.2 Å². The van der Waals surface area contributed by atoms with Crippen LogP contribution in [0.1, 0.15) is 87.0 Å². The molecule has 1 aliphatic carbocycles. The van der Waals surface area contributed by atoms with Gasteiger partial charge in [-0.05, 0) is 68.6 Å². The first kappa shape index (κ1) is 29.6. The highest BCUT2D eigenvalue weighted by molar-refractivity contribution is 8.26. The number of hydrogen-bond donors (Lipinski definition) is 0. The van der Waals surface area contributed by atoms with Gasteiger partial charge in [0.15, 0.2) is 0 Å². The van der Waals surface area contributed by atoms with E-state index in [0.29, 0.717) is 27.3 Å². The molecule has 2 aromatic rings. The summed E-state index contributed by atoms with van der Waals surface area (Å²) < 4.78 is 2.43. The Kier molecular flexibility index (Phi) is 9.67. The smallest absolute Gasteiger partial charge is 0.270 e. The van der Waals surface area contributed by atoms with Gasteiger partial charge in [0, 0.05) is 31.2 Å². The molecule has 0 radical (unpaired) electrons. The summed E-state index contributed by atoms with van der Waals surface area (Å²) in [7, 11) is 0. The standard InChI is InChI=1S/C33H40N4O2S2/c1-3-4-17-36-30(35-18-15-25(16-19-35)20-24-11-7-5-8-12-24)27(23(2)28(22-34)31(36)38)21-29-32(39)37(33(40)41-29)26-13-9-6-10-14-26/h5,7-8,11-12,21,25-26H,3-4,6,9-10,13-20H2,1-2H3/b29-21+. The molecule has 41 heavy (non-hydrogen) atoms. The molecule has 0 unspecified atom stereocenters. The van der Waals surface area contributed by atoms with Gasteiger partial charge in [-0.1, -0.05) is 86.9 Å². The molecule has 0 bridgehead atoms. The van der Waals surface area contributed by atoms with Crippen LogP contribution in [0.5, 0.6) is 0 Å². The Morgan fingerprint density at radius 1 is 1.07 bits per heavy atom. The molecular weight excluding hydrogens is 549 g/mol. The van der Waals surface area contributed by atoms with Crippen LogP contribution in [0.25, 0.3) is 6.08 Å². The first-order chi connectivity index (χ1) is 19.9. The average molecular weight is 589 g/mol. The predicted octanol–water partition coefficient (Wildman–Crippen LogP) is 6.82. The third kappa shape index (κ3) is 6.32. The van der Waals surface area contributed by atoms with Crippen molar-refractivity contribution >= 4 is 46.1 Å².